The Balaban J connectivity index is 1.37. The lowest BCUT2D eigenvalue weighted by atomic mass is 10.0. The van der Waals surface area contributed by atoms with E-state index in [1.165, 1.54) is 0 Å². The zero-order chi connectivity index (χ0) is 24.5. The van der Waals surface area contributed by atoms with E-state index in [0.29, 0.717) is 37.1 Å². The molecule has 0 unspecified atom stereocenters. The van der Waals surface area contributed by atoms with E-state index in [9.17, 15) is 9.59 Å². The molecule has 9 heteroatoms. The van der Waals surface area contributed by atoms with E-state index in [0.717, 1.165) is 16.9 Å². The molecule has 1 aliphatic rings. The highest BCUT2D eigenvalue weighted by atomic mass is 16.7. The number of nitrogens with zero attached hydrogens (tertiary/aromatic N) is 3. The van der Waals surface area contributed by atoms with Crippen molar-refractivity contribution < 1.29 is 19.1 Å². The van der Waals surface area contributed by atoms with E-state index < -0.39 is 11.8 Å². The predicted molar refractivity (Wildman–Crippen MR) is 128 cm³/mol. The zero-order valence-corrected chi connectivity index (χ0v) is 19.6. The second-order valence-corrected chi connectivity index (χ2v) is 9.37. The summed E-state index contributed by atoms with van der Waals surface area (Å²) in [6.07, 6.45) is 3.87. The van der Waals surface area contributed by atoms with Crippen LogP contribution in [0.1, 0.15) is 49.5 Å². The van der Waals surface area contributed by atoms with Crippen molar-refractivity contribution in [2.45, 2.75) is 45.3 Å². The van der Waals surface area contributed by atoms with E-state index >= 15 is 0 Å². The fourth-order valence-corrected chi connectivity index (χ4v) is 3.84. The number of ether oxygens (including phenoxy) is 2. The first-order valence-electron chi connectivity index (χ1n) is 11.2. The van der Waals surface area contributed by atoms with E-state index in [1.54, 1.807) is 50.1 Å². The van der Waals surface area contributed by atoms with Crippen LogP contribution in [0.15, 0.2) is 48.8 Å². The summed E-state index contributed by atoms with van der Waals surface area (Å²) in [5.41, 5.74) is 8.58. The van der Waals surface area contributed by atoms with Crippen LogP contribution in [0.5, 0.6) is 0 Å². The molecule has 2 aromatic heterocycles. The highest BCUT2D eigenvalue weighted by Gasteiger charge is 2.27. The summed E-state index contributed by atoms with van der Waals surface area (Å²) >= 11 is 0. The van der Waals surface area contributed by atoms with Gasteiger partial charge < -0.3 is 24.5 Å². The number of benzene rings is 1. The first-order valence-corrected chi connectivity index (χ1v) is 11.2. The number of amides is 1. The molecular weight excluding hydrogens is 434 g/mol. The van der Waals surface area contributed by atoms with Crippen molar-refractivity contribution in [2.75, 3.05) is 13.1 Å². The average molecular weight is 464 g/mol. The number of amidine groups is 1. The maximum atomic E-state index is 12.9. The van der Waals surface area contributed by atoms with Gasteiger partial charge in [-0.15, -0.1) is 0 Å². The molecule has 0 bridgehead atoms. The van der Waals surface area contributed by atoms with Gasteiger partial charge in [-0.2, -0.15) is 0 Å². The lowest BCUT2D eigenvalue weighted by Gasteiger charge is -2.32. The Labute approximate surface area is 198 Å². The van der Waals surface area contributed by atoms with Crippen molar-refractivity contribution in [2.24, 2.45) is 5.73 Å². The topological polar surface area (TPSA) is 123 Å². The Morgan fingerprint density at radius 3 is 2.29 bits per heavy atom. The minimum absolute atomic E-state index is 0.000418. The van der Waals surface area contributed by atoms with Crippen molar-refractivity contribution in [3.8, 4) is 11.3 Å². The van der Waals surface area contributed by atoms with Crippen LogP contribution < -0.4 is 5.73 Å². The number of pyridine rings is 1. The molecule has 0 spiro atoms. The van der Waals surface area contributed by atoms with Gasteiger partial charge in [0.05, 0.1) is 5.69 Å². The molecule has 1 amide bonds. The van der Waals surface area contributed by atoms with Gasteiger partial charge in [0.1, 0.15) is 23.2 Å². The molecule has 0 atom stereocenters. The second kappa shape index (κ2) is 9.17. The smallest absolute Gasteiger partial charge is 0.431 e. The summed E-state index contributed by atoms with van der Waals surface area (Å²) in [5, 5.41) is 7.58. The van der Waals surface area contributed by atoms with Crippen molar-refractivity contribution in [3.63, 3.8) is 0 Å². The number of hydrogen-bond acceptors (Lipinski definition) is 6. The molecule has 1 aliphatic heterocycles. The predicted octanol–water partition coefficient (Wildman–Crippen LogP) is 3.84. The van der Waals surface area contributed by atoms with Gasteiger partial charge >= 0.3 is 6.16 Å². The van der Waals surface area contributed by atoms with Gasteiger partial charge in [0, 0.05) is 55.0 Å². The highest BCUT2D eigenvalue weighted by molar-refractivity contribution is 5.95. The van der Waals surface area contributed by atoms with Crippen molar-refractivity contribution in [1.82, 2.24) is 14.3 Å². The molecule has 3 heterocycles. The normalized spacial score (nSPS) is 14.7. The van der Waals surface area contributed by atoms with E-state index in [4.69, 9.17) is 20.6 Å². The molecule has 1 aromatic carbocycles. The summed E-state index contributed by atoms with van der Waals surface area (Å²) in [5.74, 6) is -0.0520. The highest BCUT2D eigenvalue weighted by Crippen LogP contribution is 2.22. The number of likely N-dealkylation sites (tertiary alicyclic amines) is 1. The molecule has 1 saturated heterocycles. The SMILES string of the molecule is CC(C)(C)OC(=O)OC1CCN(C(=O)c2ccc(-c3cn4cc(C(=N)N)ccc4n3)cc2)CC1. The number of nitrogens with one attached hydrogen (secondary N) is 1. The molecule has 34 heavy (non-hydrogen) atoms. The first kappa shape index (κ1) is 23.3. The lowest BCUT2D eigenvalue weighted by molar-refractivity contribution is -0.0375. The number of carbonyl (C=O) groups excluding carboxylic acids is 2. The molecule has 0 aliphatic carbocycles. The maximum Gasteiger partial charge on any atom is 0.509 e. The summed E-state index contributed by atoms with van der Waals surface area (Å²) < 4.78 is 12.4. The third kappa shape index (κ3) is 5.36. The molecule has 0 saturated carbocycles. The van der Waals surface area contributed by atoms with Gasteiger partial charge in [-0.3, -0.25) is 10.2 Å². The molecule has 3 N–H and O–H groups in total. The second-order valence-electron chi connectivity index (χ2n) is 9.37. The number of nitrogen functional groups attached to an aromatic ring is 1. The molecule has 3 aromatic rings. The van der Waals surface area contributed by atoms with Crippen LogP contribution in [0.2, 0.25) is 0 Å². The van der Waals surface area contributed by atoms with Crippen molar-refractivity contribution >= 4 is 23.5 Å². The van der Waals surface area contributed by atoms with E-state index in [2.05, 4.69) is 4.98 Å². The number of carbonyl (C=O) groups is 2. The number of hydrogen-bond donors (Lipinski definition) is 2. The molecule has 178 valence electrons. The standard InChI is InChI=1S/C25H29N5O4/c1-25(2,3)34-24(32)33-19-10-12-29(13-11-19)23(31)17-6-4-16(5-7-17)20-15-30-14-18(22(26)27)8-9-21(30)28-20/h4-9,14-15,19H,10-13H2,1-3H3,(H3,26,27). The molecule has 9 nitrogen and oxygen atoms in total. The Morgan fingerprint density at radius 1 is 1.03 bits per heavy atom. The zero-order valence-electron chi connectivity index (χ0n) is 19.6. The van der Waals surface area contributed by atoms with Gasteiger partial charge in [-0.1, -0.05) is 12.1 Å². The van der Waals surface area contributed by atoms with Crippen LogP contribution >= 0.6 is 0 Å². The Bertz CT molecular complexity index is 1220. The minimum atomic E-state index is -0.669. The maximum absolute atomic E-state index is 12.9. The number of piperidine rings is 1. The number of rotatable bonds is 4. The number of aromatic nitrogens is 2. The number of imidazole rings is 1. The molecular formula is C25H29N5O4. The molecule has 4 rings (SSSR count). The van der Waals surface area contributed by atoms with Gasteiger partial charge in [0.2, 0.25) is 0 Å². The Kier molecular flexibility index (Phi) is 6.28. The summed E-state index contributed by atoms with van der Waals surface area (Å²) in [7, 11) is 0. The quantitative estimate of drug-likeness (QED) is 0.344. The fourth-order valence-electron chi connectivity index (χ4n) is 3.84. The molecule has 1 fully saturated rings. The van der Waals surface area contributed by atoms with Gasteiger partial charge in [-0.25, -0.2) is 9.78 Å². The summed E-state index contributed by atoms with van der Waals surface area (Å²) in [4.78, 5) is 31.2. The van der Waals surface area contributed by atoms with Crippen LogP contribution in [0.25, 0.3) is 16.9 Å². The first-order chi connectivity index (χ1) is 16.1. The summed E-state index contributed by atoms with van der Waals surface area (Å²) in [6, 6.07) is 10.9. The third-order valence-electron chi connectivity index (χ3n) is 5.57. The lowest BCUT2D eigenvalue weighted by Crippen LogP contribution is -2.41. The van der Waals surface area contributed by atoms with E-state index in [1.807, 2.05) is 28.8 Å². The Hall–Kier alpha value is -3.88. The number of fused-ring (bicyclic) bond motifs is 1. The van der Waals surface area contributed by atoms with Crippen LogP contribution in [-0.2, 0) is 9.47 Å². The third-order valence-corrected chi connectivity index (χ3v) is 5.57. The average Bonchev–Trinajstić information content (AvgIpc) is 3.21. The largest absolute Gasteiger partial charge is 0.509 e. The van der Waals surface area contributed by atoms with Crippen LogP contribution in [0.3, 0.4) is 0 Å². The van der Waals surface area contributed by atoms with Gasteiger partial charge in [-0.05, 0) is 45.0 Å². The monoisotopic (exact) mass is 463 g/mol. The van der Waals surface area contributed by atoms with Crippen molar-refractivity contribution in [3.05, 3.63) is 59.9 Å². The van der Waals surface area contributed by atoms with Crippen LogP contribution in [-0.4, -0.2) is 57.0 Å². The fraction of sp³-hybridized carbons (Fsp3) is 0.360. The van der Waals surface area contributed by atoms with Crippen LogP contribution in [0.4, 0.5) is 4.79 Å². The van der Waals surface area contributed by atoms with Crippen molar-refractivity contribution in [1.29, 1.82) is 5.41 Å². The Morgan fingerprint density at radius 2 is 1.68 bits per heavy atom. The summed E-state index contributed by atoms with van der Waals surface area (Å²) in [6.45, 7) is 6.40. The molecule has 0 radical (unpaired) electrons. The van der Waals surface area contributed by atoms with Crippen LogP contribution in [0, 0.1) is 5.41 Å². The minimum Gasteiger partial charge on any atom is -0.431 e. The number of nitrogens with two attached hydrogens (primary N) is 1. The van der Waals surface area contributed by atoms with Gasteiger partial charge in [0.25, 0.3) is 5.91 Å². The van der Waals surface area contributed by atoms with E-state index in [-0.39, 0.29) is 17.8 Å². The van der Waals surface area contributed by atoms with Gasteiger partial charge in [0.15, 0.2) is 0 Å².